The van der Waals surface area contributed by atoms with Gasteiger partial charge in [0.2, 0.25) is 0 Å². The summed E-state index contributed by atoms with van der Waals surface area (Å²) in [4.78, 5) is 11.0. The first kappa shape index (κ1) is 21.8. The number of anilines is 1. The standard InChI is InChI=1S/C23H21Cl2NO4/c1-2-29-21-12-15(13-26-18-9-7-16(8-10-18)23(27)28)11-20(25)22(21)30-14-17-5-3-4-6-19(17)24/h3-12,26H,2,13-14H2,1H3,(H,27,28). The number of carboxylic acid groups (broad SMARTS) is 1. The van der Waals surface area contributed by atoms with E-state index in [-0.39, 0.29) is 12.2 Å². The average molecular weight is 446 g/mol. The molecule has 0 saturated heterocycles. The summed E-state index contributed by atoms with van der Waals surface area (Å²) in [5, 5.41) is 13.3. The maximum atomic E-state index is 11.0. The van der Waals surface area contributed by atoms with Crippen molar-refractivity contribution in [3.8, 4) is 11.5 Å². The molecular weight excluding hydrogens is 425 g/mol. The quantitative estimate of drug-likeness (QED) is 0.405. The van der Waals surface area contributed by atoms with Gasteiger partial charge in [0.15, 0.2) is 11.5 Å². The van der Waals surface area contributed by atoms with Crippen molar-refractivity contribution in [1.29, 1.82) is 0 Å². The van der Waals surface area contributed by atoms with Gasteiger partial charge in [0.1, 0.15) is 6.61 Å². The molecule has 5 nitrogen and oxygen atoms in total. The van der Waals surface area contributed by atoms with Crippen molar-refractivity contribution in [2.45, 2.75) is 20.1 Å². The van der Waals surface area contributed by atoms with Crippen LogP contribution in [0.5, 0.6) is 11.5 Å². The first-order chi connectivity index (χ1) is 14.5. The maximum Gasteiger partial charge on any atom is 0.335 e. The number of aromatic carboxylic acids is 1. The predicted octanol–water partition coefficient (Wildman–Crippen LogP) is 6.28. The predicted molar refractivity (Wildman–Crippen MR) is 119 cm³/mol. The normalized spacial score (nSPS) is 10.5. The van der Waals surface area contributed by atoms with Gasteiger partial charge in [0, 0.05) is 22.8 Å². The van der Waals surface area contributed by atoms with E-state index >= 15 is 0 Å². The zero-order valence-corrected chi connectivity index (χ0v) is 17.8. The van der Waals surface area contributed by atoms with Gasteiger partial charge in [0.25, 0.3) is 0 Å². The fraction of sp³-hybridized carbons (Fsp3) is 0.174. The Kier molecular flexibility index (Phi) is 7.44. The number of hydrogen-bond acceptors (Lipinski definition) is 4. The Bertz CT molecular complexity index is 1020. The van der Waals surface area contributed by atoms with E-state index in [4.69, 9.17) is 37.8 Å². The van der Waals surface area contributed by atoms with Crippen molar-refractivity contribution in [2.75, 3.05) is 11.9 Å². The third-order valence-electron chi connectivity index (χ3n) is 4.33. The molecule has 0 fully saturated rings. The molecule has 2 N–H and O–H groups in total. The van der Waals surface area contributed by atoms with E-state index < -0.39 is 5.97 Å². The molecule has 0 aliphatic heterocycles. The van der Waals surface area contributed by atoms with Gasteiger partial charge >= 0.3 is 5.97 Å². The molecule has 3 rings (SSSR count). The Morgan fingerprint density at radius 1 is 1.00 bits per heavy atom. The van der Waals surface area contributed by atoms with Crippen LogP contribution in [0.2, 0.25) is 10.0 Å². The molecule has 0 amide bonds. The van der Waals surface area contributed by atoms with Gasteiger partial charge in [-0.3, -0.25) is 0 Å². The molecule has 0 atom stereocenters. The minimum Gasteiger partial charge on any atom is -0.490 e. The van der Waals surface area contributed by atoms with Crippen LogP contribution in [0.4, 0.5) is 5.69 Å². The number of carboxylic acids is 1. The second-order valence-corrected chi connectivity index (χ2v) is 7.27. The fourth-order valence-corrected chi connectivity index (χ4v) is 3.30. The van der Waals surface area contributed by atoms with Crippen LogP contribution in [0, 0.1) is 0 Å². The molecule has 30 heavy (non-hydrogen) atoms. The topological polar surface area (TPSA) is 67.8 Å². The number of ether oxygens (including phenoxy) is 2. The summed E-state index contributed by atoms with van der Waals surface area (Å²) in [6.45, 7) is 3.11. The van der Waals surface area contributed by atoms with E-state index in [2.05, 4.69) is 5.32 Å². The number of rotatable bonds is 9. The van der Waals surface area contributed by atoms with Crippen molar-refractivity contribution in [3.63, 3.8) is 0 Å². The van der Waals surface area contributed by atoms with E-state index in [0.717, 1.165) is 16.8 Å². The van der Waals surface area contributed by atoms with Gasteiger partial charge in [-0.15, -0.1) is 0 Å². The summed E-state index contributed by atoms with van der Waals surface area (Å²) >= 11 is 12.7. The van der Waals surface area contributed by atoms with Gasteiger partial charge in [-0.1, -0.05) is 41.4 Å². The number of halogens is 2. The highest BCUT2D eigenvalue weighted by Gasteiger charge is 2.14. The van der Waals surface area contributed by atoms with Crippen molar-refractivity contribution in [1.82, 2.24) is 0 Å². The summed E-state index contributed by atoms with van der Waals surface area (Å²) < 4.78 is 11.7. The number of hydrogen-bond donors (Lipinski definition) is 2. The summed E-state index contributed by atoms with van der Waals surface area (Å²) in [5.41, 5.74) is 2.79. The Balaban J connectivity index is 1.73. The van der Waals surface area contributed by atoms with Crippen LogP contribution in [0.1, 0.15) is 28.4 Å². The molecule has 0 heterocycles. The Labute approximate surface area is 185 Å². The first-order valence-electron chi connectivity index (χ1n) is 9.36. The van der Waals surface area contributed by atoms with Crippen LogP contribution >= 0.6 is 23.2 Å². The van der Waals surface area contributed by atoms with Crippen LogP contribution in [0.3, 0.4) is 0 Å². The molecule has 0 aromatic heterocycles. The monoisotopic (exact) mass is 445 g/mol. The van der Waals surface area contributed by atoms with Crippen LogP contribution in [-0.2, 0) is 13.2 Å². The van der Waals surface area contributed by atoms with Gasteiger partial charge in [0.05, 0.1) is 17.2 Å². The summed E-state index contributed by atoms with van der Waals surface area (Å²) in [5.74, 6) is 0.0603. The van der Waals surface area contributed by atoms with E-state index in [1.54, 1.807) is 24.3 Å². The smallest absolute Gasteiger partial charge is 0.335 e. The lowest BCUT2D eigenvalue weighted by Gasteiger charge is -2.16. The highest BCUT2D eigenvalue weighted by molar-refractivity contribution is 6.32. The Hall–Kier alpha value is -2.89. The van der Waals surface area contributed by atoms with Gasteiger partial charge < -0.3 is 19.9 Å². The highest BCUT2D eigenvalue weighted by atomic mass is 35.5. The molecule has 0 aliphatic rings. The molecule has 0 spiro atoms. The molecule has 7 heteroatoms. The van der Waals surface area contributed by atoms with E-state index in [1.807, 2.05) is 43.3 Å². The largest absolute Gasteiger partial charge is 0.490 e. The van der Waals surface area contributed by atoms with Crippen LogP contribution in [0.25, 0.3) is 0 Å². The van der Waals surface area contributed by atoms with Crippen molar-refractivity contribution < 1.29 is 19.4 Å². The lowest BCUT2D eigenvalue weighted by Crippen LogP contribution is -2.04. The van der Waals surface area contributed by atoms with Crippen LogP contribution < -0.4 is 14.8 Å². The number of benzene rings is 3. The van der Waals surface area contributed by atoms with Crippen LogP contribution in [-0.4, -0.2) is 17.7 Å². The highest BCUT2D eigenvalue weighted by Crippen LogP contribution is 2.37. The van der Waals surface area contributed by atoms with Crippen molar-refractivity contribution in [3.05, 3.63) is 87.4 Å². The summed E-state index contributed by atoms with van der Waals surface area (Å²) in [7, 11) is 0. The van der Waals surface area contributed by atoms with E-state index in [1.165, 1.54) is 0 Å². The van der Waals surface area contributed by atoms with Gasteiger partial charge in [-0.25, -0.2) is 4.79 Å². The Morgan fingerprint density at radius 3 is 2.40 bits per heavy atom. The third-order valence-corrected chi connectivity index (χ3v) is 4.98. The number of nitrogens with one attached hydrogen (secondary N) is 1. The Morgan fingerprint density at radius 2 is 1.73 bits per heavy atom. The molecular formula is C23H21Cl2NO4. The minimum absolute atomic E-state index is 0.238. The summed E-state index contributed by atoms with van der Waals surface area (Å²) in [6, 6.07) is 17.7. The first-order valence-corrected chi connectivity index (χ1v) is 10.1. The average Bonchev–Trinajstić information content (AvgIpc) is 2.73. The second-order valence-electron chi connectivity index (χ2n) is 6.45. The zero-order chi connectivity index (χ0) is 21.5. The van der Waals surface area contributed by atoms with Crippen LogP contribution in [0.15, 0.2) is 60.7 Å². The molecule has 0 radical (unpaired) electrons. The van der Waals surface area contributed by atoms with Gasteiger partial charge in [-0.2, -0.15) is 0 Å². The summed E-state index contributed by atoms with van der Waals surface area (Å²) in [6.07, 6.45) is 0. The lowest BCUT2D eigenvalue weighted by atomic mass is 10.1. The number of carbonyl (C=O) groups is 1. The molecule has 156 valence electrons. The molecule has 0 unspecified atom stereocenters. The van der Waals surface area contributed by atoms with Crippen molar-refractivity contribution >= 4 is 34.9 Å². The SMILES string of the molecule is CCOc1cc(CNc2ccc(C(=O)O)cc2)cc(Cl)c1OCc1ccccc1Cl. The minimum atomic E-state index is -0.956. The lowest BCUT2D eigenvalue weighted by molar-refractivity contribution is 0.0697. The maximum absolute atomic E-state index is 11.0. The molecule has 0 bridgehead atoms. The van der Waals surface area contributed by atoms with E-state index in [9.17, 15) is 4.79 Å². The fourth-order valence-electron chi connectivity index (χ4n) is 2.83. The van der Waals surface area contributed by atoms with E-state index in [0.29, 0.717) is 34.7 Å². The molecule has 0 saturated carbocycles. The van der Waals surface area contributed by atoms with Crippen molar-refractivity contribution in [2.24, 2.45) is 0 Å². The van der Waals surface area contributed by atoms with Gasteiger partial charge in [-0.05, 0) is 55.0 Å². The molecule has 3 aromatic rings. The molecule has 0 aliphatic carbocycles. The second kappa shape index (κ2) is 10.2. The molecule has 3 aromatic carbocycles. The zero-order valence-electron chi connectivity index (χ0n) is 16.3. The third kappa shape index (κ3) is 5.59.